The molecule has 0 saturated carbocycles. The first-order chi connectivity index (χ1) is 15.9. The van der Waals surface area contributed by atoms with Crippen molar-refractivity contribution in [3.05, 3.63) is 97.8 Å². The molecule has 170 valence electrons. The minimum atomic E-state index is -0.381. The van der Waals surface area contributed by atoms with Gasteiger partial charge in [-0.15, -0.1) is 0 Å². The van der Waals surface area contributed by atoms with Crippen LogP contribution >= 0.6 is 0 Å². The van der Waals surface area contributed by atoms with Crippen molar-refractivity contribution < 1.29 is 9.47 Å². The number of aryl methyl sites for hydroxylation is 3. The molecule has 4 rings (SSSR count). The van der Waals surface area contributed by atoms with Crippen LogP contribution < -0.4 is 20.7 Å². The van der Waals surface area contributed by atoms with Crippen molar-refractivity contribution in [2.24, 2.45) is 0 Å². The highest BCUT2D eigenvalue weighted by atomic mass is 16.5. The van der Waals surface area contributed by atoms with Crippen molar-refractivity contribution in [1.82, 2.24) is 14.1 Å². The van der Waals surface area contributed by atoms with Gasteiger partial charge in [-0.2, -0.15) is 0 Å². The average Bonchev–Trinajstić information content (AvgIpc) is 2.83. The standard InChI is InChI=1S/C26H27N3O4/c1-17-7-8-18(2)20(14-17)16-29-21-6-5-12-27-24(21)25(30)28(26(29)31)13-11-19-9-10-22(32-3)23(15-19)33-4/h5-10,12,14-15H,11,13,16H2,1-4H3. The van der Waals surface area contributed by atoms with Gasteiger partial charge in [0.2, 0.25) is 0 Å². The van der Waals surface area contributed by atoms with E-state index in [0.29, 0.717) is 30.0 Å². The molecule has 0 aliphatic rings. The normalized spacial score (nSPS) is 11.0. The van der Waals surface area contributed by atoms with Gasteiger partial charge in [-0.1, -0.05) is 29.8 Å². The summed E-state index contributed by atoms with van der Waals surface area (Å²) in [4.78, 5) is 31.0. The molecule has 0 aliphatic carbocycles. The molecule has 7 heteroatoms. The topological polar surface area (TPSA) is 75.4 Å². The fourth-order valence-corrected chi connectivity index (χ4v) is 4.01. The van der Waals surface area contributed by atoms with Gasteiger partial charge in [0.1, 0.15) is 0 Å². The molecular weight excluding hydrogens is 418 g/mol. The maximum absolute atomic E-state index is 13.5. The van der Waals surface area contributed by atoms with Crippen molar-refractivity contribution >= 4 is 11.0 Å². The molecule has 0 N–H and O–H groups in total. The highest BCUT2D eigenvalue weighted by molar-refractivity contribution is 5.73. The van der Waals surface area contributed by atoms with E-state index in [-0.39, 0.29) is 23.3 Å². The summed E-state index contributed by atoms with van der Waals surface area (Å²) in [5.41, 5.74) is 4.27. The van der Waals surface area contributed by atoms with Crippen LogP contribution in [-0.4, -0.2) is 28.3 Å². The van der Waals surface area contributed by atoms with Crippen LogP contribution in [0.1, 0.15) is 22.3 Å². The van der Waals surface area contributed by atoms with E-state index < -0.39 is 0 Å². The Labute approximate surface area is 191 Å². The zero-order valence-corrected chi connectivity index (χ0v) is 19.3. The molecular formula is C26H27N3O4. The first kappa shape index (κ1) is 22.3. The largest absolute Gasteiger partial charge is 0.493 e. The number of benzene rings is 2. The lowest BCUT2D eigenvalue weighted by molar-refractivity contribution is 0.354. The number of aromatic nitrogens is 3. The predicted molar refractivity (Wildman–Crippen MR) is 129 cm³/mol. The Morgan fingerprint density at radius 3 is 2.45 bits per heavy atom. The maximum atomic E-state index is 13.5. The molecule has 0 spiro atoms. The maximum Gasteiger partial charge on any atom is 0.331 e. The third-order valence-electron chi connectivity index (χ3n) is 5.89. The third kappa shape index (κ3) is 4.39. The van der Waals surface area contributed by atoms with Crippen LogP contribution in [0.5, 0.6) is 11.5 Å². The Morgan fingerprint density at radius 2 is 1.70 bits per heavy atom. The molecule has 0 fully saturated rings. The van der Waals surface area contributed by atoms with Crippen molar-refractivity contribution in [1.29, 1.82) is 0 Å². The summed E-state index contributed by atoms with van der Waals surface area (Å²) in [6.07, 6.45) is 2.06. The number of methoxy groups -OCH3 is 2. The molecule has 0 aliphatic heterocycles. The van der Waals surface area contributed by atoms with Gasteiger partial charge in [0.05, 0.1) is 26.3 Å². The lowest BCUT2D eigenvalue weighted by Crippen LogP contribution is -2.41. The minimum Gasteiger partial charge on any atom is -0.493 e. The number of fused-ring (bicyclic) bond motifs is 1. The Bertz CT molecular complexity index is 1440. The summed E-state index contributed by atoms with van der Waals surface area (Å²) < 4.78 is 13.6. The van der Waals surface area contributed by atoms with E-state index in [2.05, 4.69) is 11.1 Å². The number of ether oxygens (including phenoxy) is 2. The number of pyridine rings is 1. The summed E-state index contributed by atoms with van der Waals surface area (Å²) >= 11 is 0. The van der Waals surface area contributed by atoms with E-state index in [0.717, 1.165) is 22.3 Å². The van der Waals surface area contributed by atoms with E-state index in [9.17, 15) is 9.59 Å². The Morgan fingerprint density at radius 1 is 0.909 bits per heavy atom. The minimum absolute atomic E-state index is 0.229. The first-order valence-electron chi connectivity index (χ1n) is 10.8. The smallest absolute Gasteiger partial charge is 0.331 e. The zero-order chi connectivity index (χ0) is 23.5. The summed E-state index contributed by atoms with van der Waals surface area (Å²) in [7, 11) is 3.16. The van der Waals surface area contributed by atoms with Gasteiger partial charge < -0.3 is 9.47 Å². The number of hydrogen-bond acceptors (Lipinski definition) is 5. The average molecular weight is 446 g/mol. The molecule has 0 bridgehead atoms. The van der Waals surface area contributed by atoms with Crippen LogP contribution in [0.15, 0.2) is 64.3 Å². The van der Waals surface area contributed by atoms with E-state index >= 15 is 0 Å². The fraction of sp³-hybridized carbons (Fsp3) is 0.269. The summed E-state index contributed by atoms with van der Waals surface area (Å²) in [6, 6.07) is 15.3. The highest BCUT2D eigenvalue weighted by Gasteiger charge is 2.15. The van der Waals surface area contributed by atoms with E-state index in [1.165, 1.54) is 4.57 Å². The van der Waals surface area contributed by atoms with Crippen molar-refractivity contribution in [2.75, 3.05) is 14.2 Å². The zero-order valence-electron chi connectivity index (χ0n) is 19.3. The molecule has 7 nitrogen and oxygen atoms in total. The summed E-state index contributed by atoms with van der Waals surface area (Å²) in [5.74, 6) is 1.24. The summed E-state index contributed by atoms with van der Waals surface area (Å²) in [6.45, 7) is 4.64. The highest BCUT2D eigenvalue weighted by Crippen LogP contribution is 2.27. The SMILES string of the molecule is COc1ccc(CCn2c(=O)c3ncccc3n(Cc3cc(C)ccc3C)c2=O)cc1OC. The first-order valence-corrected chi connectivity index (χ1v) is 10.8. The van der Waals surface area contributed by atoms with Crippen LogP contribution in [0, 0.1) is 13.8 Å². The molecule has 0 saturated heterocycles. The van der Waals surface area contributed by atoms with Crippen molar-refractivity contribution in [3.8, 4) is 11.5 Å². The number of nitrogens with zero attached hydrogens (tertiary/aromatic N) is 3. The van der Waals surface area contributed by atoms with Gasteiger partial charge >= 0.3 is 5.69 Å². The Balaban J connectivity index is 1.77. The van der Waals surface area contributed by atoms with Crippen LogP contribution in [0.25, 0.3) is 11.0 Å². The van der Waals surface area contributed by atoms with Gasteiger partial charge in [-0.3, -0.25) is 13.9 Å². The third-order valence-corrected chi connectivity index (χ3v) is 5.89. The fourth-order valence-electron chi connectivity index (χ4n) is 4.01. The monoisotopic (exact) mass is 445 g/mol. The van der Waals surface area contributed by atoms with Crippen molar-refractivity contribution in [3.63, 3.8) is 0 Å². The number of rotatable bonds is 7. The summed E-state index contributed by atoms with van der Waals surface area (Å²) in [5, 5.41) is 0. The molecule has 4 aromatic rings. The van der Waals surface area contributed by atoms with Gasteiger partial charge in [0, 0.05) is 12.7 Å². The molecule has 0 radical (unpaired) electrons. The number of hydrogen-bond donors (Lipinski definition) is 0. The molecule has 2 aromatic carbocycles. The molecule has 0 atom stereocenters. The van der Waals surface area contributed by atoms with E-state index in [1.807, 2.05) is 44.2 Å². The van der Waals surface area contributed by atoms with E-state index in [4.69, 9.17) is 9.47 Å². The molecule has 2 aromatic heterocycles. The quantitative estimate of drug-likeness (QED) is 0.435. The lowest BCUT2D eigenvalue weighted by atomic mass is 10.1. The van der Waals surface area contributed by atoms with Gasteiger partial charge in [-0.25, -0.2) is 9.78 Å². The molecule has 2 heterocycles. The van der Waals surface area contributed by atoms with Gasteiger partial charge in [0.25, 0.3) is 5.56 Å². The van der Waals surface area contributed by atoms with Crippen LogP contribution in [-0.2, 0) is 19.5 Å². The predicted octanol–water partition coefficient (Wildman–Crippen LogP) is 3.48. The second-order valence-electron chi connectivity index (χ2n) is 8.07. The second kappa shape index (κ2) is 9.32. The second-order valence-corrected chi connectivity index (χ2v) is 8.07. The molecule has 33 heavy (non-hydrogen) atoms. The van der Waals surface area contributed by atoms with Crippen LogP contribution in [0.2, 0.25) is 0 Å². The van der Waals surface area contributed by atoms with Crippen molar-refractivity contribution in [2.45, 2.75) is 33.4 Å². The molecule has 0 amide bonds. The van der Waals surface area contributed by atoms with Crippen LogP contribution in [0.4, 0.5) is 0 Å². The Kier molecular flexibility index (Phi) is 6.31. The van der Waals surface area contributed by atoms with Gasteiger partial charge in [0.15, 0.2) is 17.0 Å². The Hall–Kier alpha value is -3.87. The van der Waals surface area contributed by atoms with Gasteiger partial charge in [-0.05, 0) is 61.2 Å². The van der Waals surface area contributed by atoms with Crippen LogP contribution in [0.3, 0.4) is 0 Å². The molecule has 0 unspecified atom stereocenters. The lowest BCUT2D eigenvalue weighted by Gasteiger charge is -2.15. The van der Waals surface area contributed by atoms with E-state index in [1.54, 1.807) is 37.1 Å².